The van der Waals surface area contributed by atoms with Crippen molar-refractivity contribution in [1.29, 1.82) is 0 Å². The second-order valence-corrected chi connectivity index (χ2v) is 9.81. The van der Waals surface area contributed by atoms with Gasteiger partial charge in [0.15, 0.2) is 0 Å². The van der Waals surface area contributed by atoms with Gasteiger partial charge in [0.05, 0.1) is 4.90 Å². The second-order valence-electron chi connectivity index (χ2n) is 6.45. The summed E-state index contributed by atoms with van der Waals surface area (Å²) < 4.78 is 27.0. The van der Waals surface area contributed by atoms with E-state index in [0.29, 0.717) is 18.0 Å². The summed E-state index contributed by atoms with van der Waals surface area (Å²) in [6.07, 6.45) is 0. The van der Waals surface area contributed by atoms with Crippen LogP contribution in [0.5, 0.6) is 0 Å². The Kier molecular flexibility index (Phi) is 4.80. The molecule has 5 nitrogen and oxygen atoms in total. The molecule has 1 aromatic heterocycles. The van der Waals surface area contributed by atoms with E-state index in [0.717, 1.165) is 29.4 Å². The fourth-order valence-corrected chi connectivity index (χ4v) is 5.65. The molecule has 0 spiro atoms. The molecule has 0 bridgehead atoms. The smallest absolute Gasteiger partial charge is 0.244 e. The van der Waals surface area contributed by atoms with Crippen LogP contribution in [0.25, 0.3) is 0 Å². The molecule has 2 N–H and O–H groups in total. The largest absolute Gasteiger partial charge is 0.324 e. The zero-order valence-corrected chi connectivity index (χ0v) is 14.9. The quantitative estimate of drug-likeness (QED) is 0.906. The summed E-state index contributed by atoms with van der Waals surface area (Å²) in [7, 11) is -3.35. The maximum atomic E-state index is 12.7. The minimum absolute atomic E-state index is 0.248. The molecule has 0 aliphatic carbocycles. The van der Waals surface area contributed by atoms with Gasteiger partial charge in [-0.25, -0.2) is 8.42 Å². The minimum Gasteiger partial charge on any atom is -0.324 e. The van der Waals surface area contributed by atoms with Crippen LogP contribution in [0.2, 0.25) is 0 Å². The van der Waals surface area contributed by atoms with Gasteiger partial charge < -0.3 is 5.73 Å². The van der Waals surface area contributed by atoms with Crippen molar-refractivity contribution in [1.82, 2.24) is 9.21 Å². The van der Waals surface area contributed by atoms with Crippen molar-refractivity contribution in [2.45, 2.75) is 38.1 Å². The first-order valence-corrected chi connectivity index (χ1v) is 9.44. The van der Waals surface area contributed by atoms with Crippen LogP contribution in [0.3, 0.4) is 0 Å². The number of nitrogens with two attached hydrogens (primary N) is 1. The van der Waals surface area contributed by atoms with Crippen molar-refractivity contribution in [2.24, 2.45) is 5.73 Å². The Hall–Kier alpha value is -0.470. The molecular weight excluding hydrogens is 306 g/mol. The van der Waals surface area contributed by atoms with Gasteiger partial charge in [-0.2, -0.15) is 4.31 Å². The molecule has 0 aromatic carbocycles. The first kappa shape index (κ1) is 16.9. The lowest BCUT2D eigenvalue weighted by atomic mass is 10.1. The normalized spacial score (nSPS) is 19.1. The van der Waals surface area contributed by atoms with E-state index >= 15 is 0 Å². The standard InChI is InChI=1S/C14H25N3O2S2/c1-11-9-13(12(2)20-11)21(18,19)17-7-5-16(6-8-17)10-14(3,4)15/h9H,5-8,10,15H2,1-4H3. The minimum atomic E-state index is -3.35. The number of rotatable bonds is 4. The Morgan fingerprint density at radius 3 is 2.24 bits per heavy atom. The molecule has 0 amide bonds. The molecule has 0 atom stereocenters. The summed E-state index contributed by atoms with van der Waals surface area (Å²) in [6, 6.07) is 1.78. The predicted molar refractivity (Wildman–Crippen MR) is 87.3 cm³/mol. The second kappa shape index (κ2) is 5.96. The van der Waals surface area contributed by atoms with Crippen molar-refractivity contribution in [3.8, 4) is 0 Å². The van der Waals surface area contributed by atoms with E-state index in [4.69, 9.17) is 5.73 Å². The monoisotopic (exact) mass is 331 g/mol. The predicted octanol–water partition coefficient (Wildman–Crippen LogP) is 1.41. The van der Waals surface area contributed by atoms with Crippen molar-refractivity contribution in [3.05, 3.63) is 15.8 Å². The van der Waals surface area contributed by atoms with Gasteiger partial charge in [-0.1, -0.05) is 0 Å². The molecule has 0 radical (unpaired) electrons. The molecular formula is C14H25N3O2S2. The highest BCUT2D eigenvalue weighted by Crippen LogP contribution is 2.28. The van der Waals surface area contributed by atoms with Gasteiger partial charge in [0, 0.05) is 48.0 Å². The molecule has 1 fully saturated rings. The summed E-state index contributed by atoms with van der Waals surface area (Å²) in [5.41, 5.74) is 5.78. The number of hydrogen-bond acceptors (Lipinski definition) is 5. The molecule has 1 aromatic rings. The molecule has 0 saturated carbocycles. The summed E-state index contributed by atoms with van der Waals surface area (Å²) in [4.78, 5) is 4.61. The van der Waals surface area contributed by atoms with Crippen molar-refractivity contribution >= 4 is 21.4 Å². The third kappa shape index (κ3) is 4.04. The Morgan fingerprint density at radius 1 is 1.24 bits per heavy atom. The zero-order valence-electron chi connectivity index (χ0n) is 13.2. The summed E-state index contributed by atoms with van der Waals surface area (Å²) in [5.74, 6) is 0. The lowest BCUT2D eigenvalue weighted by Crippen LogP contribution is -2.54. The number of hydrogen-bond donors (Lipinski definition) is 1. The van der Waals surface area contributed by atoms with Crippen LogP contribution in [0.15, 0.2) is 11.0 Å². The van der Waals surface area contributed by atoms with Crippen molar-refractivity contribution in [3.63, 3.8) is 0 Å². The van der Waals surface area contributed by atoms with Crippen LogP contribution in [-0.2, 0) is 10.0 Å². The van der Waals surface area contributed by atoms with E-state index < -0.39 is 10.0 Å². The average Bonchev–Trinajstić information content (AvgIpc) is 2.68. The highest BCUT2D eigenvalue weighted by atomic mass is 32.2. The summed E-state index contributed by atoms with van der Waals surface area (Å²) in [5, 5.41) is 0. The molecule has 2 rings (SSSR count). The molecule has 1 aliphatic heterocycles. The van der Waals surface area contributed by atoms with Crippen LogP contribution < -0.4 is 5.73 Å². The number of nitrogens with zero attached hydrogens (tertiary/aromatic N) is 2. The maximum absolute atomic E-state index is 12.7. The molecule has 21 heavy (non-hydrogen) atoms. The Bertz CT molecular complexity index is 594. The topological polar surface area (TPSA) is 66.6 Å². The van der Waals surface area contributed by atoms with Crippen LogP contribution in [0.4, 0.5) is 0 Å². The first-order valence-electron chi connectivity index (χ1n) is 7.18. The van der Waals surface area contributed by atoms with Crippen LogP contribution >= 0.6 is 11.3 Å². The molecule has 7 heteroatoms. The number of piperazine rings is 1. The highest BCUT2D eigenvalue weighted by molar-refractivity contribution is 7.89. The lowest BCUT2D eigenvalue weighted by Gasteiger charge is -2.37. The lowest BCUT2D eigenvalue weighted by molar-refractivity contribution is 0.162. The molecule has 1 aliphatic rings. The van der Waals surface area contributed by atoms with Gasteiger partial charge in [-0.05, 0) is 33.8 Å². The van der Waals surface area contributed by atoms with Gasteiger partial charge in [-0.15, -0.1) is 11.3 Å². The van der Waals surface area contributed by atoms with E-state index in [-0.39, 0.29) is 5.54 Å². The summed E-state index contributed by atoms with van der Waals surface area (Å²) >= 11 is 1.54. The van der Waals surface area contributed by atoms with Crippen LogP contribution in [-0.4, -0.2) is 55.9 Å². The van der Waals surface area contributed by atoms with Gasteiger partial charge in [-0.3, -0.25) is 4.90 Å². The highest BCUT2D eigenvalue weighted by Gasteiger charge is 2.31. The number of sulfonamides is 1. The fourth-order valence-electron chi connectivity index (χ4n) is 2.71. The van der Waals surface area contributed by atoms with Gasteiger partial charge in [0.1, 0.15) is 0 Å². The maximum Gasteiger partial charge on any atom is 0.244 e. The fraction of sp³-hybridized carbons (Fsp3) is 0.714. The van der Waals surface area contributed by atoms with E-state index in [1.807, 2.05) is 27.7 Å². The van der Waals surface area contributed by atoms with Gasteiger partial charge >= 0.3 is 0 Å². The average molecular weight is 332 g/mol. The van der Waals surface area contributed by atoms with Crippen molar-refractivity contribution < 1.29 is 8.42 Å². The van der Waals surface area contributed by atoms with E-state index in [1.165, 1.54) is 11.3 Å². The number of thiophene rings is 1. The van der Waals surface area contributed by atoms with Crippen LogP contribution in [0, 0.1) is 13.8 Å². The third-order valence-electron chi connectivity index (χ3n) is 3.58. The van der Waals surface area contributed by atoms with Crippen molar-refractivity contribution in [2.75, 3.05) is 32.7 Å². The van der Waals surface area contributed by atoms with Crippen LogP contribution in [0.1, 0.15) is 23.6 Å². The molecule has 120 valence electrons. The SMILES string of the molecule is Cc1cc(S(=O)(=O)N2CCN(CC(C)(C)N)CC2)c(C)s1. The Morgan fingerprint density at radius 2 is 1.81 bits per heavy atom. The van der Waals surface area contributed by atoms with E-state index in [1.54, 1.807) is 10.4 Å². The number of aryl methyl sites for hydroxylation is 2. The van der Waals surface area contributed by atoms with Gasteiger partial charge in [0.25, 0.3) is 0 Å². The Balaban J connectivity index is 2.06. The molecule has 1 saturated heterocycles. The van der Waals surface area contributed by atoms with E-state index in [9.17, 15) is 8.42 Å². The first-order chi connectivity index (χ1) is 9.59. The molecule has 0 unspecified atom stereocenters. The molecule has 2 heterocycles. The van der Waals surface area contributed by atoms with E-state index in [2.05, 4.69) is 4.90 Å². The zero-order chi connectivity index (χ0) is 15.8. The summed E-state index contributed by atoms with van der Waals surface area (Å²) in [6.45, 7) is 11.1. The third-order valence-corrected chi connectivity index (χ3v) is 6.70. The Labute approximate surface area is 131 Å². The van der Waals surface area contributed by atoms with Gasteiger partial charge in [0.2, 0.25) is 10.0 Å².